The van der Waals surface area contributed by atoms with Gasteiger partial charge in [-0.3, -0.25) is 4.79 Å². The van der Waals surface area contributed by atoms with Gasteiger partial charge in [0.05, 0.1) is 6.61 Å². The molecule has 0 bridgehead atoms. The lowest BCUT2D eigenvalue weighted by Crippen LogP contribution is -2.13. The SMILES string of the molecule is CC(C)(C)CCOc1ccc2c(c1)C(=O)CCC2. The predicted molar refractivity (Wildman–Crippen MR) is 73.3 cm³/mol. The second-order valence-corrected chi connectivity index (χ2v) is 6.25. The molecule has 0 fully saturated rings. The lowest BCUT2D eigenvalue weighted by molar-refractivity contribution is 0.0972. The summed E-state index contributed by atoms with van der Waals surface area (Å²) in [6.07, 6.45) is 3.69. The second kappa shape index (κ2) is 5.13. The highest BCUT2D eigenvalue weighted by atomic mass is 16.5. The summed E-state index contributed by atoms with van der Waals surface area (Å²) in [6.45, 7) is 7.31. The van der Waals surface area contributed by atoms with Gasteiger partial charge in [0, 0.05) is 12.0 Å². The van der Waals surface area contributed by atoms with Crippen molar-refractivity contribution in [3.63, 3.8) is 0 Å². The maximum absolute atomic E-state index is 11.8. The Morgan fingerprint density at radius 1 is 1.22 bits per heavy atom. The molecule has 18 heavy (non-hydrogen) atoms. The summed E-state index contributed by atoms with van der Waals surface area (Å²) < 4.78 is 5.74. The molecule has 2 rings (SSSR count). The first-order valence-electron chi connectivity index (χ1n) is 6.75. The molecule has 0 heterocycles. The minimum Gasteiger partial charge on any atom is -0.494 e. The lowest BCUT2D eigenvalue weighted by Gasteiger charge is -2.19. The Morgan fingerprint density at radius 3 is 2.72 bits per heavy atom. The molecule has 2 heteroatoms. The molecule has 0 radical (unpaired) electrons. The van der Waals surface area contributed by atoms with Crippen LogP contribution in [0.5, 0.6) is 5.75 Å². The van der Waals surface area contributed by atoms with E-state index in [1.807, 2.05) is 18.2 Å². The molecule has 0 aliphatic heterocycles. The Kier molecular flexibility index (Phi) is 3.74. The number of ketones is 1. The van der Waals surface area contributed by atoms with Crippen LogP contribution in [-0.4, -0.2) is 12.4 Å². The van der Waals surface area contributed by atoms with E-state index in [1.54, 1.807) is 0 Å². The van der Waals surface area contributed by atoms with Gasteiger partial charge >= 0.3 is 0 Å². The summed E-state index contributed by atoms with van der Waals surface area (Å²) in [4.78, 5) is 11.8. The van der Waals surface area contributed by atoms with E-state index in [1.165, 1.54) is 5.56 Å². The number of hydrogen-bond acceptors (Lipinski definition) is 2. The topological polar surface area (TPSA) is 26.3 Å². The fourth-order valence-corrected chi connectivity index (χ4v) is 2.17. The average Bonchev–Trinajstić information content (AvgIpc) is 2.28. The normalized spacial score (nSPS) is 15.4. The Balaban J connectivity index is 2.02. The third-order valence-electron chi connectivity index (χ3n) is 3.35. The molecular weight excluding hydrogens is 224 g/mol. The minimum absolute atomic E-state index is 0.262. The molecule has 1 aliphatic carbocycles. The van der Waals surface area contributed by atoms with Gasteiger partial charge in [-0.15, -0.1) is 0 Å². The number of hydrogen-bond donors (Lipinski definition) is 0. The van der Waals surface area contributed by atoms with Crippen LogP contribution in [0.3, 0.4) is 0 Å². The zero-order valence-electron chi connectivity index (χ0n) is 11.6. The number of aryl methyl sites for hydroxylation is 1. The minimum atomic E-state index is 0.262. The molecule has 0 amide bonds. The van der Waals surface area contributed by atoms with Gasteiger partial charge in [0.2, 0.25) is 0 Å². The van der Waals surface area contributed by atoms with Crippen molar-refractivity contribution >= 4 is 5.78 Å². The molecule has 0 unspecified atom stereocenters. The Labute approximate surface area is 109 Å². The number of rotatable bonds is 3. The van der Waals surface area contributed by atoms with Crippen molar-refractivity contribution in [1.29, 1.82) is 0 Å². The number of carbonyl (C=O) groups is 1. The van der Waals surface area contributed by atoms with Crippen LogP contribution in [0.15, 0.2) is 18.2 Å². The molecule has 0 saturated carbocycles. The van der Waals surface area contributed by atoms with Crippen molar-refractivity contribution < 1.29 is 9.53 Å². The van der Waals surface area contributed by atoms with E-state index >= 15 is 0 Å². The number of ether oxygens (including phenoxy) is 1. The van der Waals surface area contributed by atoms with E-state index in [2.05, 4.69) is 20.8 Å². The van der Waals surface area contributed by atoms with E-state index in [4.69, 9.17) is 4.74 Å². The first-order valence-corrected chi connectivity index (χ1v) is 6.75. The lowest BCUT2D eigenvalue weighted by atomic mass is 9.90. The quantitative estimate of drug-likeness (QED) is 0.805. The van der Waals surface area contributed by atoms with Crippen LogP contribution < -0.4 is 4.74 Å². The highest BCUT2D eigenvalue weighted by Gasteiger charge is 2.17. The highest BCUT2D eigenvalue weighted by Crippen LogP contribution is 2.26. The Hall–Kier alpha value is -1.31. The van der Waals surface area contributed by atoms with Gasteiger partial charge in [0.1, 0.15) is 5.75 Å². The summed E-state index contributed by atoms with van der Waals surface area (Å²) in [5.74, 6) is 1.09. The van der Waals surface area contributed by atoms with Crippen molar-refractivity contribution in [3.05, 3.63) is 29.3 Å². The fraction of sp³-hybridized carbons (Fsp3) is 0.562. The van der Waals surface area contributed by atoms with Crippen LogP contribution in [0, 0.1) is 5.41 Å². The summed E-state index contributed by atoms with van der Waals surface area (Å²) >= 11 is 0. The molecule has 0 atom stereocenters. The molecule has 0 N–H and O–H groups in total. The van der Waals surface area contributed by atoms with Gasteiger partial charge < -0.3 is 4.74 Å². The molecular formula is C16H22O2. The number of fused-ring (bicyclic) bond motifs is 1. The summed E-state index contributed by atoms with van der Waals surface area (Å²) in [5, 5.41) is 0. The van der Waals surface area contributed by atoms with Gasteiger partial charge in [0.15, 0.2) is 5.78 Å². The summed E-state index contributed by atoms with van der Waals surface area (Å²) in [6, 6.07) is 5.94. The largest absolute Gasteiger partial charge is 0.494 e. The molecule has 1 aromatic carbocycles. The van der Waals surface area contributed by atoms with Crippen molar-refractivity contribution in [2.75, 3.05) is 6.61 Å². The van der Waals surface area contributed by atoms with Gasteiger partial charge in [0.25, 0.3) is 0 Å². The first-order chi connectivity index (χ1) is 8.46. The van der Waals surface area contributed by atoms with Gasteiger partial charge in [-0.1, -0.05) is 26.8 Å². The smallest absolute Gasteiger partial charge is 0.163 e. The van der Waals surface area contributed by atoms with Crippen LogP contribution in [0.1, 0.15) is 56.0 Å². The zero-order valence-corrected chi connectivity index (χ0v) is 11.6. The molecule has 0 spiro atoms. The first kappa shape index (κ1) is 13.1. The predicted octanol–water partition coefficient (Wildman–Crippen LogP) is 4.02. The molecule has 0 saturated heterocycles. The molecule has 1 aliphatic rings. The maximum Gasteiger partial charge on any atom is 0.163 e. The van der Waals surface area contributed by atoms with Crippen LogP contribution in [0.4, 0.5) is 0 Å². The maximum atomic E-state index is 11.8. The standard InChI is InChI=1S/C16H22O2/c1-16(2,3)9-10-18-13-8-7-12-5-4-6-15(17)14(12)11-13/h7-8,11H,4-6,9-10H2,1-3H3. The Bertz CT molecular complexity index is 441. The fourth-order valence-electron chi connectivity index (χ4n) is 2.17. The third kappa shape index (κ3) is 3.34. The molecule has 1 aromatic rings. The van der Waals surface area contributed by atoms with Gasteiger partial charge in [-0.25, -0.2) is 0 Å². The molecule has 2 nitrogen and oxygen atoms in total. The highest BCUT2D eigenvalue weighted by molar-refractivity contribution is 5.98. The van der Waals surface area contributed by atoms with Gasteiger partial charge in [-0.05, 0) is 42.4 Å². The van der Waals surface area contributed by atoms with Crippen molar-refractivity contribution in [2.45, 2.75) is 46.5 Å². The summed E-state index contributed by atoms with van der Waals surface area (Å²) in [7, 11) is 0. The van der Waals surface area contributed by atoms with Crippen LogP contribution >= 0.6 is 0 Å². The van der Waals surface area contributed by atoms with E-state index < -0.39 is 0 Å². The van der Waals surface area contributed by atoms with Crippen molar-refractivity contribution in [1.82, 2.24) is 0 Å². The van der Waals surface area contributed by atoms with Crippen LogP contribution in [-0.2, 0) is 6.42 Å². The van der Waals surface area contributed by atoms with E-state index in [0.717, 1.165) is 30.6 Å². The number of Topliss-reactive ketones (excluding diaryl/α,β-unsaturated/α-hetero) is 1. The van der Waals surface area contributed by atoms with Crippen molar-refractivity contribution in [3.8, 4) is 5.75 Å². The van der Waals surface area contributed by atoms with E-state index in [-0.39, 0.29) is 11.2 Å². The second-order valence-electron chi connectivity index (χ2n) is 6.25. The van der Waals surface area contributed by atoms with Crippen molar-refractivity contribution in [2.24, 2.45) is 5.41 Å². The molecule has 0 aromatic heterocycles. The van der Waals surface area contributed by atoms with E-state index in [9.17, 15) is 4.79 Å². The van der Waals surface area contributed by atoms with Gasteiger partial charge in [-0.2, -0.15) is 0 Å². The third-order valence-corrected chi connectivity index (χ3v) is 3.35. The number of benzene rings is 1. The van der Waals surface area contributed by atoms with E-state index in [0.29, 0.717) is 13.0 Å². The monoisotopic (exact) mass is 246 g/mol. The number of carbonyl (C=O) groups excluding carboxylic acids is 1. The zero-order chi connectivity index (χ0) is 13.2. The average molecular weight is 246 g/mol. The molecule has 98 valence electrons. The van der Waals surface area contributed by atoms with Crippen LogP contribution in [0.25, 0.3) is 0 Å². The Morgan fingerprint density at radius 2 is 2.00 bits per heavy atom. The van der Waals surface area contributed by atoms with Crippen LogP contribution in [0.2, 0.25) is 0 Å². The summed E-state index contributed by atoms with van der Waals surface area (Å²) in [5.41, 5.74) is 2.33.